The number of likely N-dealkylation sites (N-methyl/N-ethyl adjacent to an activating group) is 1. The van der Waals surface area contributed by atoms with Crippen molar-refractivity contribution < 1.29 is 4.74 Å². The van der Waals surface area contributed by atoms with Crippen molar-refractivity contribution >= 4 is 5.82 Å². The zero-order valence-corrected chi connectivity index (χ0v) is 11.3. The number of anilines is 1. The summed E-state index contributed by atoms with van der Waals surface area (Å²) in [5.74, 6) is 0.493. The number of rotatable bonds is 8. The molecule has 18 heavy (non-hydrogen) atoms. The highest BCUT2D eigenvalue weighted by Crippen LogP contribution is 1.99. The van der Waals surface area contributed by atoms with E-state index >= 15 is 0 Å². The van der Waals surface area contributed by atoms with E-state index < -0.39 is 0 Å². The molecule has 1 rings (SSSR count). The van der Waals surface area contributed by atoms with Crippen molar-refractivity contribution in [2.75, 3.05) is 45.3 Å². The summed E-state index contributed by atoms with van der Waals surface area (Å²) in [6, 6.07) is 0. The minimum absolute atomic E-state index is 0.0422. The van der Waals surface area contributed by atoms with Gasteiger partial charge in [0.15, 0.2) is 5.82 Å². The molecule has 0 saturated heterocycles. The summed E-state index contributed by atoms with van der Waals surface area (Å²) in [6.07, 6.45) is 3.37. The number of nitrogens with zero attached hydrogens (tertiary/aromatic N) is 3. The molecular formula is C12H22N4O2. The first-order valence-electron chi connectivity index (χ1n) is 6.17. The van der Waals surface area contributed by atoms with Gasteiger partial charge in [-0.05, 0) is 6.92 Å². The van der Waals surface area contributed by atoms with Gasteiger partial charge in [-0.25, -0.2) is 4.98 Å². The highest BCUT2D eigenvalue weighted by Gasteiger charge is 2.08. The molecule has 0 aromatic carbocycles. The topological polar surface area (TPSA) is 59.4 Å². The second-order valence-corrected chi connectivity index (χ2v) is 4.01. The standard InChI is InChI=1S/C12H22N4O2/c1-4-16-9-6-14-11(12(16)17)15(2)8-5-13-7-10-18-3/h6,9,13H,4-5,7-8,10H2,1-3H3. The molecule has 1 heterocycles. The number of nitrogens with one attached hydrogen (secondary N) is 1. The summed E-state index contributed by atoms with van der Waals surface area (Å²) in [5, 5.41) is 3.23. The number of aryl methyl sites for hydroxylation is 1. The molecule has 0 fully saturated rings. The summed E-state index contributed by atoms with van der Waals surface area (Å²) in [5.41, 5.74) is -0.0422. The van der Waals surface area contributed by atoms with Gasteiger partial charge in [-0.15, -0.1) is 0 Å². The van der Waals surface area contributed by atoms with Crippen LogP contribution in [0.3, 0.4) is 0 Å². The second-order valence-electron chi connectivity index (χ2n) is 4.01. The number of aromatic nitrogens is 2. The molecule has 1 N–H and O–H groups in total. The molecular weight excluding hydrogens is 232 g/mol. The van der Waals surface area contributed by atoms with Crippen LogP contribution in [0.4, 0.5) is 5.82 Å². The van der Waals surface area contributed by atoms with Gasteiger partial charge in [0.05, 0.1) is 6.61 Å². The Kier molecular flexibility index (Phi) is 6.38. The molecule has 1 aromatic heterocycles. The highest BCUT2D eigenvalue weighted by molar-refractivity contribution is 5.34. The lowest BCUT2D eigenvalue weighted by Gasteiger charge is -2.18. The summed E-state index contributed by atoms with van der Waals surface area (Å²) in [4.78, 5) is 18.0. The third-order valence-corrected chi connectivity index (χ3v) is 2.70. The predicted molar refractivity (Wildman–Crippen MR) is 72.2 cm³/mol. The van der Waals surface area contributed by atoms with Crippen LogP contribution in [0.15, 0.2) is 17.2 Å². The zero-order valence-electron chi connectivity index (χ0n) is 11.3. The summed E-state index contributed by atoms with van der Waals surface area (Å²) < 4.78 is 6.59. The Hall–Kier alpha value is -1.40. The van der Waals surface area contributed by atoms with Crippen molar-refractivity contribution in [3.63, 3.8) is 0 Å². The molecule has 0 atom stereocenters. The van der Waals surface area contributed by atoms with Gasteiger partial charge in [0.2, 0.25) is 0 Å². The maximum atomic E-state index is 12.0. The highest BCUT2D eigenvalue weighted by atomic mass is 16.5. The largest absolute Gasteiger partial charge is 0.383 e. The molecule has 102 valence electrons. The normalized spacial score (nSPS) is 10.6. The predicted octanol–water partition coefficient (Wildman–Crippen LogP) is -0.0646. The van der Waals surface area contributed by atoms with Crippen LogP contribution >= 0.6 is 0 Å². The van der Waals surface area contributed by atoms with Crippen molar-refractivity contribution in [1.29, 1.82) is 0 Å². The molecule has 6 nitrogen and oxygen atoms in total. The lowest BCUT2D eigenvalue weighted by atomic mass is 10.4. The van der Waals surface area contributed by atoms with Crippen molar-refractivity contribution in [3.05, 3.63) is 22.7 Å². The van der Waals surface area contributed by atoms with Crippen molar-refractivity contribution in [1.82, 2.24) is 14.9 Å². The first kappa shape index (κ1) is 14.7. The Morgan fingerprint density at radius 3 is 2.94 bits per heavy atom. The molecule has 0 bridgehead atoms. The van der Waals surface area contributed by atoms with Crippen molar-refractivity contribution in [3.8, 4) is 0 Å². The van der Waals surface area contributed by atoms with Crippen LogP contribution in [0.5, 0.6) is 0 Å². The van der Waals surface area contributed by atoms with Gasteiger partial charge >= 0.3 is 0 Å². The molecule has 0 aliphatic rings. The van der Waals surface area contributed by atoms with Crippen LogP contribution in [-0.4, -0.2) is 49.9 Å². The second kappa shape index (κ2) is 7.84. The third-order valence-electron chi connectivity index (χ3n) is 2.70. The van der Waals surface area contributed by atoms with E-state index in [-0.39, 0.29) is 5.56 Å². The number of hydrogen-bond acceptors (Lipinski definition) is 5. The maximum absolute atomic E-state index is 12.0. The molecule has 0 spiro atoms. The maximum Gasteiger partial charge on any atom is 0.293 e. The smallest absolute Gasteiger partial charge is 0.293 e. The first-order chi connectivity index (χ1) is 8.70. The molecule has 0 aliphatic carbocycles. The summed E-state index contributed by atoms with van der Waals surface area (Å²) in [7, 11) is 3.55. The van der Waals surface area contributed by atoms with E-state index in [0.717, 1.165) is 19.6 Å². The third kappa shape index (κ3) is 4.12. The molecule has 0 saturated carbocycles. The van der Waals surface area contributed by atoms with E-state index in [1.807, 2.05) is 18.9 Å². The van der Waals surface area contributed by atoms with Gasteiger partial charge in [0, 0.05) is 52.7 Å². The van der Waals surface area contributed by atoms with Crippen LogP contribution < -0.4 is 15.8 Å². The van der Waals surface area contributed by atoms with Gasteiger partial charge in [-0.3, -0.25) is 4.79 Å². The van der Waals surface area contributed by atoms with E-state index in [1.54, 1.807) is 24.1 Å². The Morgan fingerprint density at radius 1 is 1.50 bits per heavy atom. The zero-order chi connectivity index (χ0) is 13.4. The van der Waals surface area contributed by atoms with Crippen LogP contribution in [-0.2, 0) is 11.3 Å². The van der Waals surface area contributed by atoms with E-state index in [4.69, 9.17) is 4.74 Å². The van der Waals surface area contributed by atoms with Gasteiger partial charge in [0.25, 0.3) is 5.56 Å². The van der Waals surface area contributed by atoms with Crippen LogP contribution in [0.25, 0.3) is 0 Å². The number of ether oxygens (including phenoxy) is 1. The molecule has 0 amide bonds. The average molecular weight is 254 g/mol. The van der Waals surface area contributed by atoms with E-state index in [2.05, 4.69) is 10.3 Å². The van der Waals surface area contributed by atoms with Gasteiger partial charge < -0.3 is 19.5 Å². The summed E-state index contributed by atoms with van der Waals surface area (Å²) >= 11 is 0. The van der Waals surface area contributed by atoms with Crippen molar-refractivity contribution in [2.24, 2.45) is 0 Å². The van der Waals surface area contributed by atoms with E-state index in [9.17, 15) is 4.79 Å². The van der Waals surface area contributed by atoms with Gasteiger partial charge in [-0.2, -0.15) is 0 Å². The average Bonchev–Trinajstić information content (AvgIpc) is 2.38. The fraction of sp³-hybridized carbons (Fsp3) is 0.667. The fourth-order valence-electron chi connectivity index (χ4n) is 1.60. The quantitative estimate of drug-likeness (QED) is 0.658. The summed E-state index contributed by atoms with van der Waals surface area (Å²) in [6.45, 7) is 5.63. The number of methoxy groups -OCH3 is 1. The Balaban J connectivity index is 2.51. The molecule has 0 radical (unpaired) electrons. The molecule has 0 aliphatic heterocycles. The lowest BCUT2D eigenvalue weighted by molar-refractivity contribution is 0.200. The first-order valence-corrected chi connectivity index (χ1v) is 6.17. The monoisotopic (exact) mass is 254 g/mol. The Bertz CT molecular complexity index is 405. The van der Waals surface area contributed by atoms with Gasteiger partial charge in [0.1, 0.15) is 0 Å². The SMILES string of the molecule is CCn1ccnc(N(C)CCNCCOC)c1=O. The lowest BCUT2D eigenvalue weighted by Crippen LogP contribution is -2.35. The van der Waals surface area contributed by atoms with Crippen LogP contribution in [0.2, 0.25) is 0 Å². The molecule has 0 unspecified atom stereocenters. The van der Waals surface area contributed by atoms with Crippen molar-refractivity contribution in [2.45, 2.75) is 13.5 Å². The molecule has 6 heteroatoms. The van der Waals surface area contributed by atoms with Gasteiger partial charge in [-0.1, -0.05) is 0 Å². The minimum atomic E-state index is -0.0422. The minimum Gasteiger partial charge on any atom is -0.383 e. The fourth-order valence-corrected chi connectivity index (χ4v) is 1.60. The van der Waals surface area contributed by atoms with Crippen LogP contribution in [0.1, 0.15) is 6.92 Å². The van der Waals surface area contributed by atoms with E-state index in [1.165, 1.54) is 0 Å². The Labute approximate surface area is 108 Å². The molecule has 1 aromatic rings. The Morgan fingerprint density at radius 2 is 2.28 bits per heavy atom. The van der Waals surface area contributed by atoms with E-state index in [0.29, 0.717) is 19.0 Å². The van der Waals surface area contributed by atoms with Crippen LogP contribution in [0, 0.1) is 0 Å². The number of hydrogen-bond donors (Lipinski definition) is 1.